The van der Waals surface area contributed by atoms with Gasteiger partial charge in [-0.25, -0.2) is 0 Å². The average Bonchev–Trinajstić information content (AvgIpc) is 2.58. The number of fused-ring (bicyclic) bond motifs is 2. The van der Waals surface area contributed by atoms with E-state index < -0.39 is 29.2 Å². The number of carbonyl (C=O) groups is 2. The summed E-state index contributed by atoms with van der Waals surface area (Å²) in [5.74, 6) is -2.22. The van der Waals surface area contributed by atoms with Crippen molar-refractivity contribution in [1.82, 2.24) is 0 Å². The molecule has 6 heteroatoms. The molecule has 3 aliphatic rings. The summed E-state index contributed by atoms with van der Waals surface area (Å²) in [7, 11) is 0. The molecule has 0 fully saturated rings. The maximum atomic E-state index is 12.4. The second-order valence-corrected chi connectivity index (χ2v) is 7.00. The fraction of sp³-hybridized carbons (Fsp3) is 0.200. The Bertz CT molecular complexity index is 1070. The molecule has 2 aromatic rings. The topological polar surface area (TPSA) is 115 Å². The van der Waals surface area contributed by atoms with E-state index in [0.717, 1.165) is 0 Å². The lowest BCUT2D eigenvalue weighted by molar-refractivity contribution is -0.0113. The highest BCUT2D eigenvalue weighted by Gasteiger charge is 2.54. The lowest BCUT2D eigenvalue weighted by Gasteiger charge is -2.47. The summed E-state index contributed by atoms with van der Waals surface area (Å²) in [6.45, 7) is 0. The van der Waals surface area contributed by atoms with Gasteiger partial charge in [-0.2, -0.15) is 0 Å². The lowest BCUT2D eigenvalue weighted by atomic mass is 9.59. The molecule has 130 valence electrons. The SMILES string of the molecule is O=C1C[C@@H](O)[C@H]2c3c(ccc(O)c31)-c1ccc(O)c3c1[C@@]2(O)C=CC3=O. The van der Waals surface area contributed by atoms with Crippen LogP contribution in [0.15, 0.2) is 36.4 Å². The monoisotopic (exact) mass is 350 g/mol. The Hall–Kier alpha value is -2.96. The zero-order valence-electron chi connectivity index (χ0n) is 13.4. The Morgan fingerprint density at radius 2 is 1.62 bits per heavy atom. The van der Waals surface area contributed by atoms with E-state index in [-0.39, 0.29) is 34.6 Å². The van der Waals surface area contributed by atoms with Crippen LogP contribution in [0.1, 0.15) is 44.2 Å². The number of carbonyl (C=O) groups excluding carboxylic acids is 2. The van der Waals surface area contributed by atoms with Crippen molar-refractivity contribution in [3.8, 4) is 22.6 Å². The molecule has 3 atom stereocenters. The van der Waals surface area contributed by atoms with Crippen molar-refractivity contribution in [2.24, 2.45) is 0 Å². The van der Waals surface area contributed by atoms with Gasteiger partial charge in [0.05, 0.1) is 17.2 Å². The Morgan fingerprint density at radius 1 is 0.962 bits per heavy atom. The third kappa shape index (κ3) is 1.58. The summed E-state index contributed by atoms with van der Waals surface area (Å²) in [5.41, 5.74) is -0.0283. The van der Waals surface area contributed by atoms with Crippen LogP contribution in [0.2, 0.25) is 0 Å². The molecule has 0 radical (unpaired) electrons. The first kappa shape index (κ1) is 15.3. The Balaban J connectivity index is 2.00. The van der Waals surface area contributed by atoms with Gasteiger partial charge in [0, 0.05) is 17.9 Å². The first-order valence-corrected chi connectivity index (χ1v) is 8.24. The molecular weight excluding hydrogens is 336 g/mol. The van der Waals surface area contributed by atoms with Crippen LogP contribution in [0.4, 0.5) is 0 Å². The number of rotatable bonds is 0. The predicted molar refractivity (Wildman–Crippen MR) is 90.3 cm³/mol. The van der Waals surface area contributed by atoms with Crippen molar-refractivity contribution < 1.29 is 30.0 Å². The molecule has 0 saturated heterocycles. The highest BCUT2D eigenvalue weighted by molar-refractivity contribution is 6.12. The predicted octanol–water partition coefficient (Wildman–Crippen LogP) is 1.75. The molecule has 0 saturated carbocycles. The second kappa shape index (κ2) is 4.60. The van der Waals surface area contributed by atoms with Crippen molar-refractivity contribution in [2.45, 2.75) is 24.0 Å². The van der Waals surface area contributed by atoms with Crippen molar-refractivity contribution in [2.75, 3.05) is 0 Å². The standard InChI is InChI=1S/C20H14O6/c21-10-3-1-8-9-2-4-11(22)17-12(23)5-6-20(26,18(9)17)19-14(25)7-13(24)16(10)15(8)19/h1-6,14,19,21-22,25-26H,7H2/t14-,19+,20+/m1/s1. The lowest BCUT2D eigenvalue weighted by Crippen LogP contribution is -2.47. The number of Topliss-reactive ketones (excluding diaryl/α,β-unsaturated/α-hetero) is 1. The Morgan fingerprint density at radius 3 is 2.35 bits per heavy atom. The number of hydrogen-bond donors (Lipinski definition) is 4. The van der Waals surface area contributed by atoms with Crippen LogP contribution in [0.3, 0.4) is 0 Å². The van der Waals surface area contributed by atoms with Crippen molar-refractivity contribution >= 4 is 11.6 Å². The molecule has 0 aliphatic heterocycles. The summed E-state index contributed by atoms with van der Waals surface area (Å²) in [6.07, 6.45) is 1.04. The minimum absolute atomic E-state index is 0.00289. The third-order valence-corrected chi connectivity index (χ3v) is 5.68. The van der Waals surface area contributed by atoms with E-state index in [1.807, 2.05) is 0 Å². The number of ketones is 2. The third-order valence-electron chi connectivity index (χ3n) is 5.68. The first-order chi connectivity index (χ1) is 12.3. The van der Waals surface area contributed by atoms with Crippen LogP contribution >= 0.6 is 0 Å². The van der Waals surface area contributed by atoms with Gasteiger partial charge in [0.15, 0.2) is 11.6 Å². The maximum absolute atomic E-state index is 12.4. The summed E-state index contributed by atoms with van der Waals surface area (Å²) in [6, 6.07) is 5.93. The molecule has 26 heavy (non-hydrogen) atoms. The molecule has 0 aromatic heterocycles. The Kier molecular flexibility index (Phi) is 2.71. The van der Waals surface area contributed by atoms with Gasteiger partial charge in [-0.05, 0) is 41.0 Å². The highest BCUT2D eigenvalue weighted by atomic mass is 16.3. The first-order valence-electron chi connectivity index (χ1n) is 8.24. The Labute approximate surface area is 147 Å². The van der Waals surface area contributed by atoms with Crippen LogP contribution in [0.25, 0.3) is 11.1 Å². The van der Waals surface area contributed by atoms with Crippen LogP contribution in [0.5, 0.6) is 11.5 Å². The normalized spacial score (nSPS) is 27.9. The molecule has 5 rings (SSSR count). The smallest absolute Gasteiger partial charge is 0.189 e. The number of phenols is 2. The van der Waals surface area contributed by atoms with Gasteiger partial charge in [-0.15, -0.1) is 0 Å². The highest BCUT2D eigenvalue weighted by Crippen LogP contribution is 2.58. The molecule has 4 N–H and O–H groups in total. The van der Waals surface area contributed by atoms with Crippen LogP contribution in [-0.2, 0) is 5.60 Å². The van der Waals surface area contributed by atoms with Gasteiger partial charge in [-0.3, -0.25) is 9.59 Å². The number of aliphatic hydroxyl groups is 2. The van der Waals surface area contributed by atoms with E-state index in [0.29, 0.717) is 16.7 Å². The second-order valence-electron chi connectivity index (χ2n) is 7.00. The van der Waals surface area contributed by atoms with Crippen LogP contribution in [0, 0.1) is 0 Å². The molecule has 0 unspecified atom stereocenters. The molecule has 0 heterocycles. The largest absolute Gasteiger partial charge is 0.507 e. The number of aromatic hydroxyl groups is 2. The van der Waals surface area contributed by atoms with Gasteiger partial charge in [0.2, 0.25) is 0 Å². The molecule has 2 aromatic carbocycles. The van der Waals surface area contributed by atoms with E-state index >= 15 is 0 Å². The molecule has 6 nitrogen and oxygen atoms in total. The average molecular weight is 350 g/mol. The number of benzene rings is 2. The van der Waals surface area contributed by atoms with Crippen molar-refractivity contribution in [1.29, 1.82) is 0 Å². The summed E-state index contributed by atoms with van der Waals surface area (Å²) in [4.78, 5) is 24.8. The zero-order valence-corrected chi connectivity index (χ0v) is 13.4. The van der Waals surface area contributed by atoms with Gasteiger partial charge < -0.3 is 20.4 Å². The van der Waals surface area contributed by atoms with Gasteiger partial charge in [0.25, 0.3) is 0 Å². The fourth-order valence-corrected chi connectivity index (χ4v) is 4.68. The summed E-state index contributed by atoms with van der Waals surface area (Å²) >= 11 is 0. The van der Waals surface area contributed by atoms with E-state index in [9.17, 15) is 30.0 Å². The fourth-order valence-electron chi connectivity index (χ4n) is 4.68. The summed E-state index contributed by atoms with van der Waals surface area (Å²) in [5, 5.41) is 42.6. The molecule has 0 amide bonds. The number of aliphatic hydroxyl groups excluding tert-OH is 1. The van der Waals surface area contributed by atoms with E-state index in [1.54, 1.807) is 12.1 Å². The van der Waals surface area contributed by atoms with Crippen molar-refractivity contribution in [3.05, 3.63) is 58.7 Å². The quantitative estimate of drug-likeness (QED) is 0.575. The molecule has 0 spiro atoms. The van der Waals surface area contributed by atoms with E-state index in [2.05, 4.69) is 0 Å². The van der Waals surface area contributed by atoms with Gasteiger partial charge >= 0.3 is 0 Å². The minimum atomic E-state index is -1.77. The molecule has 3 aliphatic carbocycles. The van der Waals surface area contributed by atoms with Gasteiger partial charge in [-0.1, -0.05) is 12.1 Å². The van der Waals surface area contributed by atoms with Crippen LogP contribution in [-0.4, -0.2) is 38.1 Å². The zero-order chi connectivity index (χ0) is 18.4. The van der Waals surface area contributed by atoms with E-state index in [4.69, 9.17) is 0 Å². The van der Waals surface area contributed by atoms with Crippen LogP contribution < -0.4 is 0 Å². The number of hydrogen-bond acceptors (Lipinski definition) is 6. The van der Waals surface area contributed by atoms with Crippen molar-refractivity contribution in [3.63, 3.8) is 0 Å². The van der Waals surface area contributed by atoms with Gasteiger partial charge in [0.1, 0.15) is 17.1 Å². The number of phenolic OH excluding ortho intramolecular Hbond substituents is 2. The summed E-state index contributed by atoms with van der Waals surface area (Å²) < 4.78 is 0. The van der Waals surface area contributed by atoms with E-state index in [1.165, 1.54) is 24.3 Å². The number of allylic oxidation sites excluding steroid dienone is 1. The molecule has 0 bridgehead atoms. The molecular formula is C20H14O6. The maximum Gasteiger partial charge on any atom is 0.189 e. The minimum Gasteiger partial charge on any atom is -0.507 e.